The maximum atomic E-state index is 4.18. The van der Waals surface area contributed by atoms with Gasteiger partial charge in [-0.2, -0.15) is 0 Å². The lowest BCUT2D eigenvalue weighted by molar-refractivity contribution is 0.504. The predicted octanol–water partition coefficient (Wildman–Crippen LogP) is 1.95. The molecule has 1 heterocycles. The summed E-state index contributed by atoms with van der Waals surface area (Å²) in [4.78, 5) is 4.18. The third kappa shape index (κ3) is 3.80. The van der Waals surface area contributed by atoms with Gasteiger partial charge >= 0.3 is 0 Å². The van der Waals surface area contributed by atoms with Crippen molar-refractivity contribution in [3.05, 3.63) is 18.2 Å². The van der Waals surface area contributed by atoms with Crippen LogP contribution in [0.4, 0.5) is 0 Å². The average molecular weight is 260 g/mol. The van der Waals surface area contributed by atoms with Crippen LogP contribution in [0, 0.1) is 6.92 Å². The number of hydrogen-bond donors (Lipinski definition) is 1. The van der Waals surface area contributed by atoms with E-state index in [0.29, 0.717) is 6.04 Å². The quantitative estimate of drug-likeness (QED) is 0.792. The van der Waals surface area contributed by atoms with Gasteiger partial charge in [-0.15, -0.1) is 0 Å². The Morgan fingerprint density at radius 3 is 3.00 bits per heavy atom. The molecule has 0 spiro atoms. The molecule has 1 unspecified atom stereocenters. The van der Waals surface area contributed by atoms with Crippen LogP contribution in [-0.4, -0.2) is 27.5 Å². The van der Waals surface area contributed by atoms with Crippen LogP contribution in [0.25, 0.3) is 0 Å². The van der Waals surface area contributed by atoms with E-state index < -0.39 is 0 Å². The summed E-state index contributed by atoms with van der Waals surface area (Å²) in [5, 5.41) is 4.53. The Hall–Kier alpha value is -0.350. The van der Waals surface area contributed by atoms with Crippen LogP contribution in [0.5, 0.6) is 0 Å². The zero-order valence-corrected chi connectivity index (χ0v) is 10.4. The summed E-state index contributed by atoms with van der Waals surface area (Å²) in [5.74, 6) is 1.08. The van der Waals surface area contributed by atoms with Crippen molar-refractivity contribution in [2.24, 2.45) is 0 Å². The van der Waals surface area contributed by atoms with Crippen LogP contribution in [0.2, 0.25) is 0 Å². The molecule has 14 heavy (non-hydrogen) atoms. The van der Waals surface area contributed by atoms with Crippen molar-refractivity contribution in [2.45, 2.75) is 32.9 Å². The number of halogens is 1. The summed E-state index contributed by atoms with van der Waals surface area (Å²) in [5.41, 5.74) is 0. The fourth-order valence-electron chi connectivity index (χ4n) is 1.34. The fourth-order valence-corrected chi connectivity index (χ4v) is 2.02. The third-order valence-electron chi connectivity index (χ3n) is 2.31. The molecule has 1 atom stereocenters. The van der Waals surface area contributed by atoms with Crippen molar-refractivity contribution in [1.29, 1.82) is 0 Å². The molecular weight excluding hydrogens is 242 g/mol. The standard InChI is InChI=1S/C10H18BrN3/c1-9(3-4-11)12-5-7-14-8-6-13-10(14)2/h6,8-9,12H,3-5,7H2,1-2H3. The Morgan fingerprint density at radius 1 is 1.64 bits per heavy atom. The highest BCUT2D eigenvalue weighted by molar-refractivity contribution is 9.09. The SMILES string of the molecule is Cc1nccn1CCNC(C)CCBr. The highest BCUT2D eigenvalue weighted by Crippen LogP contribution is 1.96. The second kappa shape index (κ2) is 6.19. The summed E-state index contributed by atoms with van der Waals surface area (Å²) >= 11 is 3.44. The maximum absolute atomic E-state index is 4.18. The normalized spacial score (nSPS) is 13.1. The number of imidazole rings is 1. The molecule has 1 N–H and O–H groups in total. The van der Waals surface area contributed by atoms with Crippen LogP contribution in [0.15, 0.2) is 12.4 Å². The summed E-state index contributed by atoms with van der Waals surface area (Å²) in [7, 11) is 0. The minimum atomic E-state index is 0.582. The first-order valence-electron chi connectivity index (χ1n) is 5.01. The van der Waals surface area contributed by atoms with Crippen molar-refractivity contribution in [1.82, 2.24) is 14.9 Å². The fraction of sp³-hybridized carbons (Fsp3) is 0.700. The average Bonchev–Trinajstić information content (AvgIpc) is 2.52. The minimum absolute atomic E-state index is 0.582. The summed E-state index contributed by atoms with van der Waals surface area (Å²) in [6.07, 6.45) is 5.03. The van der Waals surface area contributed by atoms with E-state index in [4.69, 9.17) is 0 Å². The van der Waals surface area contributed by atoms with Crippen molar-refractivity contribution in [3.8, 4) is 0 Å². The topological polar surface area (TPSA) is 29.9 Å². The molecule has 4 heteroatoms. The van der Waals surface area contributed by atoms with Gasteiger partial charge in [0.05, 0.1) is 0 Å². The maximum Gasteiger partial charge on any atom is 0.105 e. The summed E-state index contributed by atoms with van der Waals surface area (Å²) in [6.45, 7) is 6.24. The van der Waals surface area contributed by atoms with Crippen LogP contribution in [0.1, 0.15) is 19.2 Å². The molecule has 1 aromatic heterocycles. The Bertz CT molecular complexity index is 260. The molecule has 1 rings (SSSR count). The van der Waals surface area contributed by atoms with Crippen molar-refractivity contribution < 1.29 is 0 Å². The van der Waals surface area contributed by atoms with Gasteiger partial charge in [0.2, 0.25) is 0 Å². The summed E-state index contributed by atoms with van der Waals surface area (Å²) < 4.78 is 2.16. The van der Waals surface area contributed by atoms with Crippen molar-refractivity contribution in [2.75, 3.05) is 11.9 Å². The van der Waals surface area contributed by atoms with Gasteiger partial charge in [-0.25, -0.2) is 4.98 Å². The van der Waals surface area contributed by atoms with Crippen molar-refractivity contribution in [3.63, 3.8) is 0 Å². The highest BCUT2D eigenvalue weighted by Gasteiger charge is 2.00. The molecule has 0 aliphatic heterocycles. The second-order valence-electron chi connectivity index (χ2n) is 3.50. The van der Waals surface area contributed by atoms with Crippen LogP contribution >= 0.6 is 15.9 Å². The zero-order chi connectivity index (χ0) is 10.4. The first kappa shape index (κ1) is 11.7. The number of aryl methyl sites for hydroxylation is 1. The largest absolute Gasteiger partial charge is 0.334 e. The van der Waals surface area contributed by atoms with E-state index in [2.05, 4.69) is 37.7 Å². The number of rotatable bonds is 6. The van der Waals surface area contributed by atoms with Gasteiger partial charge < -0.3 is 9.88 Å². The molecule has 0 amide bonds. The van der Waals surface area contributed by atoms with Gasteiger partial charge in [-0.05, 0) is 20.3 Å². The zero-order valence-electron chi connectivity index (χ0n) is 8.83. The Balaban J connectivity index is 2.19. The number of aromatic nitrogens is 2. The van der Waals surface area contributed by atoms with Crippen molar-refractivity contribution >= 4 is 15.9 Å². The predicted molar refractivity (Wildman–Crippen MR) is 62.8 cm³/mol. The van der Waals surface area contributed by atoms with Gasteiger partial charge in [-0.1, -0.05) is 15.9 Å². The molecule has 0 fully saturated rings. The molecule has 0 radical (unpaired) electrons. The smallest absolute Gasteiger partial charge is 0.105 e. The Morgan fingerprint density at radius 2 is 2.43 bits per heavy atom. The second-order valence-corrected chi connectivity index (χ2v) is 4.29. The molecule has 0 aliphatic rings. The Kier molecular flexibility index (Phi) is 5.19. The monoisotopic (exact) mass is 259 g/mol. The molecule has 0 aliphatic carbocycles. The van der Waals surface area contributed by atoms with Gasteiger partial charge in [0.1, 0.15) is 5.82 Å². The van der Waals surface area contributed by atoms with Crippen LogP contribution in [-0.2, 0) is 6.54 Å². The molecule has 80 valence electrons. The third-order valence-corrected chi connectivity index (χ3v) is 2.77. The van der Waals surface area contributed by atoms with E-state index in [1.807, 2.05) is 19.3 Å². The highest BCUT2D eigenvalue weighted by atomic mass is 79.9. The minimum Gasteiger partial charge on any atom is -0.334 e. The lowest BCUT2D eigenvalue weighted by Gasteiger charge is -2.12. The summed E-state index contributed by atoms with van der Waals surface area (Å²) in [6, 6.07) is 0.582. The number of nitrogens with zero attached hydrogens (tertiary/aromatic N) is 2. The van der Waals surface area contributed by atoms with Gasteiger partial charge in [0.25, 0.3) is 0 Å². The number of nitrogens with one attached hydrogen (secondary N) is 1. The van der Waals surface area contributed by atoms with Gasteiger partial charge in [-0.3, -0.25) is 0 Å². The van der Waals surface area contributed by atoms with Gasteiger partial charge in [0.15, 0.2) is 0 Å². The number of alkyl halides is 1. The first-order chi connectivity index (χ1) is 6.74. The van der Waals surface area contributed by atoms with E-state index in [1.54, 1.807) is 0 Å². The molecule has 0 saturated carbocycles. The Labute approximate surface area is 94.0 Å². The van der Waals surface area contributed by atoms with E-state index in [1.165, 1.54) is 6.42 Å². The van der Waals surface area contributed by atoms with Gasteiger partial charge in [0, 0.05) is 36.9 Å². The number of hydrogen-bond acceptors (Lipinski definition) is 2. The molecule has 0 bridgehead atoms. The lowest BCUT2D eigenvalue weighted by Crippen LogP contribution is -2.29. The molecular formula is C10H18BrN3. The van der Waals surface area contributed by atoms with E-state index in [9.17, 15) is 0 Å². The lowest BCUT2D eigenvalue weighted by atomic mass is 10.2. The van der Waals surface area contributed by atoms with Crippen LogP contribution in [0.3, 0.4) is 0 Å². The molecule has 1 aromatic rings. The van der Waals surface area contributed by atoms with E-state index in [-0.39, 0.29) is 0 Å². The molecule has 3 nitrogen and oxygen atoms in total. The first-order valence-corrected chi connectivity index (χ1v) is 6.13. The van der Waals surface area contributed by atoms with E-state index >= 15 is 0 Å². The molecule has 0 aromatic carbocycles. The van der Waals surface area contributed by atoms with Crippen LogP contribution < -0.4 is 5.32 Å². The van der Waals surface area contributed by atoms with E-state index in [0.717, 1.165) is 24.2 Å². The molecule has 0 saturated heterocycles.